The number of urea groups is 1. The summed E-state index contributed by atoms with van der Waals surface area (Å²) >= 11 is 6.15. The second kappa shape index (κ2) is 5.15. The van der Waals surface area contributed by atoms with Gasteiger partial charge in [-0.05, 0) is 17.7 Å². The number of benzene rings is 1. The summed E-state index contributed by atoms with van der Waals surface area (Å²) in [7, 11) is 1.57. The standard InChI is InChI=1S/C12H12ClN3O2/c1-18-8-2-3-9(10(13)6-8)11-7-16(5-4-14)12(17)15-11/h2-3,6,11H,5,7H2,1H3,(H,15,17). The smallest absolute Gasteiger partial charge is 0.318 e. The van der Waals surface area contributed by atoms with Crippen LogP contribution in [0.3, 0.4) is 0 Å². The van der Waals surface area contributed by atoms with Crippen LogP contribution in [0.1, 0.15) is 11.6 Å². The predicted molar refractivity (Wildman–Crippen MR) is 66.5 cm³/mol. The Morgan fingerprint density at radius 1 is 1.67 bits per heavy atom. The molecule has 1 unspecified atom stereocenters. The zero-order valence-electron chi connectivity index (χ0n) is 9.81. The molecule has 1 aromatic carbocycles. The number of rotatable bonds is 3. The Morgan fingerprint density at radius 3 is 3.06 bits per heavy atom. The number of carbonyl (C=O) groups excluding carboxylic acids is 1. The molecule has 0 aromatic heterocycles. The van der Waals surface area contributed by atoms with Gasteiger partial charge in [-0.25, -0.2) is 4.79 Å². The van der Waals surface area contributed by atoms with E-state index in [-0.39, 0.29) is 18.6 Å². The van der Waals surface area contributed by atoms with Crippen molar-refractivity contribution in [2.75, 3.05) is 20.2 Å². The molecule has 0 aliphatic carbocycles. The van der Waals surface area contributed by atoms with Gasteiger partial charge in [-0.1, -0.05) is 17.7 Å². The number of methoxy groups -OCH3 is 1. The molecule has 0 radical (unpaired) electrons. The largest absolute Gasteiger partial charge is 0.497 e. The molecule has 0 spiro atoms. The molecule has 94 valence electrons. The van der Waals surface area contributed by atoms with Crippen molar-refractivity contribution < 1.29 is 9.53 Å². The van der Waals surface area contributed by atoms with E-state index in [0.29, 0.717) is 17.3 Å². The van der Waals surface area contributed by atoms with E-state index in [1.807, 2.05) is 12.1 Å². The Balaban J connectivity index is 2.19. The van der Waals surface area contributed by atoms with Crippen molar-refractivity contribution in [3.63, 3.8) is 0 Å². The molecule has 1 aliphatic heterocycles. The van der Waals surface area contributed by atoms with E-state index < -0.39 is 0 Å². The Labute approximate surface area is 110 Å². The first-order chi connectivity index (χ1) is 8.65. The van der Waals surface area contributed by atoms with E-state index >= 15 is 0 Å². The Kier molecular flexibility index (Phi) is 3.58. The molecule has 0 bridgehead atoms. The van der Waals surface area contributed by atoms with Gasteiger partial charge in [0.15, 0.2) is 0 Å². The van der Waals surface area contributed by atoms with Crippen LogP contribution in [0.5, 0.6) is 5.75 Å². The maximum Gasteiger partial charge on any atom is 0.318 e. The summed E-state index contributed by atoms with van der Waals surface area (Å²) in [6.07, 6.45) is 0. The normalized spacial score (nSPS) is 18.4. The number of hydrogen-bond acceptors (Lipinski definition) is 3. The number of carbonyl (C=O) groups is 1. The molecule has 2 amide bonds. The fraction of sp³-hybridized carbons (Fsp3) is 0.333. The summed E-state index contributed by atoms with van der Waals surface area (Å²) in [5.74, 6) is 0.668. The first-order valence-electron chi connectivity index (χ1n) is 5.41. The molecule has 5 nitrogen and oxygen atoms in total. The molecule has 1 saturated heterocycles. The number of hydrogen-bond donors (Lipinski definition) is 1. The first-order valence-corrected chi connectivity index (χ1v) is 5.79. The van der Waals surface area contributed by atoms with Crippen molar-refractivity contribution in [3.05, 3.63) is 28.8 Å². The molecule has 0 saturated carbocycles. The van der Waals surface area contributed by atoms with Gasteiger partial charge < -0.3 is 15.0 Å². The van der Waals surface area contributed by atoms with Crippen LogP contribution in [-0.2, 0) is 0 Å². The summed E-state index contributed by atoms with van der Waals surface area (Å²) in [4.78, 5) is 13.0. The lowest BCUT2D eigenvalue weighted by atomic mass is 10.1. The lowest BCUT2D eigenvalue weighted by molar-refractivity contribution is 0.222. The second-order valence-corrected chi connectivity index (χ2v) is 4.34. The highest BCUT2D eigenvalue weighted by Crippen LogP contribution is 2.29. The molecule has 18 heavy (non-hydrogen) atoms. The van der Waals surface area contributed by atoms with E-state index in [2.05, 4.69) is 5.32 Å². The lowest BCUT2D eigenvalue weighted by Gasteiger charge is -2.13. The third kappa shape index (κ3) is 2.34. The molecule has 2 rings (SSSR count). The van der Waals surface area contributed by atoms with Crippen molar-refractivity contribution in [2.24, 2.45) is 0 Å². The van der Waals surface area contributed by atoms with Crippen LogP contribution in [-0.4, -0.2) is 31.1 Å². The molecule has 1 fully saturated rings. The summed E-state index contributed by atoms with van der Waals surface area (Å²) in [5.41, 5.74) is 0.825. The van der Waals surface area contributed by atoms with Gasteiger partial charge in [-0.15, -0.1) is 0 Å². The van der Waals surface area contributed by atoms with Gasteiger partial charge in [0.2, 0.25) is 0 Å². The Bertz CT molecular complexity index is 513. The number of ether oxygens (including phenoxy) is 1. The van der Waals surface area contributed by atoms with Crippen LogP contribution in [0.25, 0.3) is 0 Å². The quantitative estimate of drug-likeness (QED) is 0.850. The van der Waals surface area contributed by atoms with Crippen LogP contribution in [0.15, 0.2) is 18.2 Å². The van der Waals surface area contributed by atoms with Gasteiger partial charge >= 0.3 is 6.03 Å². The molecule has 1 atom stereocenters. The van der Waals surface area contributed by atoms with Crippen LogP contribution < -0.4 is 10.1 Å². The highest BCUT2D eigenvalue weighted by atomic mass is 35.5. The molecule has 1 heterocycles. The number of halogens is 1. The molecule has 6 heteroatoms. The predicted octanol–water partition coefficient (Wildman–Crippen LogP) is 1.94. The molecule has 1 aromatic rings. The minimum Gasteiger partial charge on any atom is -0.497 e. The van der Waals surface area contributed by atoms with Crippen molar-refractivity contribution in [3.8, 4) is 11.8 Å². The van der Waals surface area contributed by atoms with E-state index in [9.17, 15) is 4.79 Å². The molecule has 1 N–H and O–H groups in total. The number of nitrogens with one attached hydrogen (secondary N) is 1. The summed E-state index contributed by atoms with van der Waals surface area (Å²) in [5, 5.41) is 11.9. The van der Waals surface area contributed by atoms with E-state index in [0.717, 1.165) is 5.56 Å². The Hall–Kier alpha value is -1.93. The monoisotopic (exact) mass is 265 g/mol. The van der Waals surface area contributed by atoms with Gasteiger partial charge in [0.05, 0.1) is 19.2 Å². The van der Waals surface area contributed by atoms with E-state index in [4.69, 9.17) is 21.6 Å². The highest BCUT2D eigenvalue weighted by Gasteiger charge is 2.30. The summed E-state index contributed by atoms with van der Waals surface area (Å²) < 4.78 is 5.07. The Morgan fingerprint density at radius 2 is 2.44 bits per heavy atom. The second-order valence-electron chi connectivity index (χ2n) is 3.93. The van der Waals surface area contributed by atoms with Gasteiger partial charge in [0.1, 0.15) is 12.3 Å². The third-order valence-electron chi connectivity index (χ3n) is 2.83. The fourth-order valence-corrected chi connectivity index (χ4v) is 2.21. The van der Waals surface area contributed by atoms with Crippen molar-refractivity contribution in [2.45, 2.75) is 6.04 Å². The van der Waals surface area contributed by atoms with E-state index in [1.165, 1.54) is 4.90 Å². The highest BCUT2D eigenvalue weighted by molar-refractivity contribution is 6.31. The lowest BCUT2D eigenvalue weighted by Crippen LogP contribution is -2.28. The van der Waals surface area contributed by atoms with Gasteiger partial charge in [0.25, 0.3) is 0 Å². The first kappa shape index (κ1) is 12.5. The summed E-state index contributed by atoms with van der Waals surface area (Å²) in [6, 6.07) is 6.84. The third-order valence-corrected chi connectivity index (χ3v) is 3.16. The van der Waals surface area contributed by atoms with Crippen molar-refractivity contribution in [1.29, 1.82) is 5.26 Å². The van der Waals surface area contributed by atoms with Crippen LogP contribution in [0, 0.1) is 11.3 Å². The fourth-order valence-electron chi connectivity index (χ4n) is 1.90. The van der Waals surface area contributed by atoms with Gasteiger partial charge in [0, 0.05) is 11.6 Å². The van der Waals surface area contributed by atoms with Crippen LogP contribution >= 0.6 is 11.6 Å². The van der Waals surface area contributed by atoms with Gasteiger partial charge in [-0.3, -0.25) is 0 Å². The number of nitrogens with zero attached hydrogens (tertiary/aromatic N) is 2. The average Bonchev–Trinajstić information content (AvgIpc) is 2.71. The van der Waals surface area contributed by atoms with Crippen LogP contribution in [0.2, 0.25) is 5.02 Å². The van der Waals surface area contributed by atoms with Crippen molar-refractivity contribution >= 4 is 17.6 Å². The zero-order chi connectivity index (χ0) is 13.1. The zero-order valence-corrected chi connectivity index (χ0v) is 10.6. The van der Waals surface area contributed by atoms with Gasteiger partial charge in [-0.2, -0.15) is 5.26 Å². The maximum atomic E-state index is 11.6. The van der Waals surface area contributed by atoms with E-state index in [1.54, 1.807) is 19.2 Å². The summed E-state index contributed by atoms with van der Waals surface area (Å²) in [6.45, 7) is 0.522. The number of nitriles is 1. The molecule has 1 aliphatic rings. The molecular formula is C12H12ClN3O2. The SMILES string of the molecule is COc1ccc(C2CN(CC#N)C(=O)N2)c(Cl)c1. The molecular weight excluding hydrogens is 254 g/mol. The minimum atomic E-state index is -0.242. The van der Waals surface area contributed by atoms with Crippen molar-refractivity contribution in [1.82, 2.24) is 10.2 Å². The minimum absolute atomic E-state index is 0.0795. The average molecular weight is 266 g/mol. The number of amides is 2. The van der Waals surface area contributed by atoms with Crippen LogP contribution in [0.4, 0.5) is 4.79 Å². The maximum absolute atomic E-state index is 11.6. The topological polar surface area (TPSA) is 65.4 Å².